The third-order valence-electron chi connectivity index (χ3n) is 5.86. The number of aromatic amines is 1. The SMILES string of the molecule is O=C(c1ccccc1)C1c2c(n[nH]c2-c2ccccc2)Nc2c1c(=O)oc1ccccc21. The van der Waals surface area contributed by atoms with Gasteiger partial charge in [-0.15, -0.1) is 0 Å². The van der Waals surface area contributed by atoms with Crippen molar-refractivity contribution >= 4 is 28.3 Å². The molecule has 3 heterocycles. The van der Waals surface area contributed by atoms with Gasteiger partial charge in [-0.3, -0.25) is 9.89 Å². The van der Waals surface area contributed by atoms with Crippen LogP contribution < -0.4 is 10.9 Å². The zero-order valence-corrected chi connectivity index (χ0v) is 16.8. The average Bonchev–Trinajstić information content (AvgIpc) is 3.27. The first-order valence-electron chi connectivity index (χ1n) is 10.3. The van der Waals surface area contributed by atoms with Crippen LogP contribution in [0.1, 0.15) is 27.4 Å². The molecule has 2 N–H and O–H groups in total. The van der Waals surface area contributed by atoms with E-state index in [0.29, 0.717) is 39.5 Å². The molecule has 6 heteroatoms. The monoisotopic (exact) mass is 419 g/mol. The number of H-pyrrole nitrogens is 1. The molecular weight excluding hydrogens is 402 g/mol. The molecule has 0 radical (unpaired) electrons. The molecule has 0 saturated heterocycles. The lowest BCUT2D eigenvalue weighted by atomic mass is 9.81. The Morgan fingerprint density at radius 3 is 2.31 bits per heavy atom. The smallest absolute Gasteiger partial charge is 0.342 e. The highest BCUT2D eigenvalue weighted by Gasteiger charge is 2.39. The first-order valence-corrected chi connectivity index (χ1v) is 10.3. The molecule has 6 rings (SSSR count). The van der Waals surface area contributed by atoms with Gasteiger partial charge in [0.05, 0.1) is 22.9 Å². The van der Waals surface area contributed by atoms with Gasteiger partial charge in [0.2, 0.25) is 0 Å². The number of nitrogens with one attached hydrogen (secondary N) is 2. The predicted octanol–water partition coefficient (Wildman–Crippen LogP) is 5.25. The van der Waals surface area contributed by atoms with Crippen LogP contribution in [-0.4, -0.2) is 16.0 Å². The summed E-state index contributed by atoms with van der Waals surface area (Å²) in [5, 5.41) is 11.6. The molecule has 5 aromatic rings. The molecular formula is C26H17N3O3. The Balaban J connectivity index is 1.67. The minimum atomic E-state index is -0.863. The molecule has 1 aliphatic rings. The zero-order chi connectivity index (χ0) is 21.7. The Labute approximate surface area is 182 Å². The van der Waals surface area contributed by atoms with Crippen LogP contribution >= 0.6 is 0 Å². The van der Waals surface area contributed by atoms with Crippen LogP contribution in [0.5, 0.6) is 0 Å². The summed E-state index contributed by atoms with van der Waals surface area (Å²) >= 11 is 0. The van der Waals surface area contributed by atoms with E-state index >= 15 is 0 Å². The predicted molar refractivity (Wildman–Crippen MR) is 122 cm³/mol. The van der Waals surface area contributed by atoms with Gasteiger partial charge in [-0.2, -0.15) is 5.10 Å². The van der Waals surface area contributed by atoms with E-state index in [4.69, 9.17) is 4.42 Å². The molecule has 6 nitrogen and oxygen atoms in total. The van der Waals surface area contributed by atoms with Crippen molar-refractivity contribution in [1.82, 2.24) is 10.2 Å². The van der Waals surface area contributed by atoms with Crippen LogP contribution in [0.2, 0.25) is 0 Å². The minimum Gasteiger partial charge on any atom is -0.422 e. The summed E-state index contributed by atoms with van der Waals surface area (Å²) < 4.78 is 5.64. The maximum absolute atomic E-state index is 13.8. The van der Waals surface area contributed by atoms with Crippen molar-refractivity contribution in [3.8, 4) is 11.3 Å². The number of para-hydroxylation sites is 1. The molecule has 3 aromatic carbocycles. The van der Waals surface area contributed by atoms with E-state index in [1.54, 1.807) is 24.3 Å². The van der Waals surface area contributed by atoms with Crippen LogP contribution in [0.15, 0.2) is 94.1 Å². The highest BCUT2D eigenvalue weighted by atomic mass is 16.4. The summed E-state index contributed by atoms with van der Waals surface area (Å²) in [6.07, 6.45) is 0. The van der Waals surface area contributed by atoms with Gasteiger partial charge in [0.1, 0.15) is 5.58 Å². The normalized spacial score (nSPS) is 14.4. The second-order valence-corrected chi connectivity index (χ2v) is 7.69. The fraction of sp³-hybridized carbons (Fsp3) is 0.0385. The molecule has 0 saturated carbocycles. The summed E-state index contributed by atoms with van der Waals surface area (Å²) in [5.74, 6) is -0.518. The molecule has 0 bridgehead atoms. The molecule has 0 amide bonds. The Morgan fingerprint density at radius 1 is 0.844 bits per heavy atom. The van der Waals surface area contributed by atoms with Crippen LogP contribution in [-0.2, 0) is 0 Å². The van der Waals surface area contributed by atoms with Crippen LogP contribution in [0, 0.1) is 0 Å². The van der Waals surface area contributed by atoms with Crippen molar-refractivity contribution < 1.29 is 9.21 Å². The lowest BCUT2D eigenvalue weighted by Crippen LogP contribution is -2.27. The number of rotatable bonds is 3. The van der Waals surface area contributed by atoms with E-state index in [2.05, 4.69) is 15.5 Å². The third kappa shape index (κ3) is 2.70. The fourth-order valence-corrected chi connectivity index (χ4v) is 4.41. The maximum atomic E-state index is 13.8. The number of ketones is 1. The van der Waals surface area contributed by atoms with Crippen molar-refractivity contribution in [2.75, 3.05) is 5.32 Å². The van der Waals surface area contributed by atoms with Crippen molar-refractivity contribution in [3.05, 3.63) is 112 Å². The molecule has 2 aromatic heterocycles. The number of nitrogens with zero attached hydrogens (tertiary/aromatic N) is 1. The quantitative estimate of drug-likeness (QED) is 0.308. The number of fused-ring (bicyclic) bond motifs is 4. The number of Topliss-reactive ketones (excluding diaryl/α,β-unsaturated/α-hetero) is 1. The van der Waals surface area contributed by atoms with E-state index in [1.165, 1.54) is 0 Å². The van der Waals surface area contributed by atoms with Gasteiger partial charge in [-0.1, -0.05) is 72.8 Å². The molecule has 0 aliphatic carbocycles. The van der Waals surface area contributed by atoms with E-state index < -0.39 is 11.5 Å². The first kappa shape index (κ1) is 18.3. The number of benzene rings is 3. The number of hydrogen-bond donors (Lipinski definition) is 2. The van der Waals surface area contributed by atoms with E-state index in [9.17, 15) is 9.59 Å². The lowest BCUT2D eigenvalue weighted by Gasteiger charge is -2.26. The first-order chi connectivity index (χ1) is 15.7. The maximum Gasteiger partial charge on any atom is 0.342 e. The second-order valence-electron chi connectivity index (χ2n) is 7.69. The van der Waals surface area contributed by atoms with Gasteiger partial charge in [0.25, 0.3) is 0 Å². The summed E-state index contributed by atoms with van der Waals surface area (Å²) in [7, 11) is 0. The van der Waals surface area contributed by atoms with Crippen molar-refractivity contribution in [2.45, 2.75) is 5.92 Å². The van der Waals surface area contributed by atoms with Crippen molar-refractivity contribution in [3.63, 3.8) is 0 Å². The van der Waals surface area contributed by atoms with E-state index in [1.807, 2.05) is 60.7 Å². The van der Waals surface area contributed by atoms with Crippen LogP contribution in [0.4, 0.5) is 11.5 Å². The van der Waals surface area contributed by atoms with Gasteiger partial charge in [0.15, 0.2) is 11.6 Å². The number of aromatic nitrogens is 2. The Bertz CT molecular complexity index is 1540. The minimum absolute atomic E-state index is 0.184. The number of carbonyl (C=O) groups is 1. The van der Waals surface area contributed by atoms with Gasteiger partial charge in [0, 0.05) is 16.5 Å². The van der Waals surface area contributed by atoms with Crippen molar-refractivity contribution in [1.29, 1.82) is 0 Å². The highest BCUT2D eigenvalue weighted by Crippen LogP contribution is 2.46. The summed E-state index contributed by atoms with van der Waals surface area (Å²) in [4.78, 5) is 27.1. The largest absolute Gasteiger partial charge is 0.422 e. The molecule has 32 heavy (non-hydrogen) atoms. The second kappa shape index (κ2) is 7.06. The number of carbonyl (C=O) groups excluding carboxylic acids is 1. The Hall–Kier alpha value is -4.45. The van der Waals surface area contributed by atoms with E-state index in [-0.39, 0.29) is 5.78 Å². The standard InChI is InChI=1S/C26H17N3O3/c30-24(16-11-5-2-6-12-16)19-20-22(15-9-3-1-4-10-15)28-29-25(20)27-23-17-13-7-8-14-18(17)32-26(31)21(19)23/h1-14,19H,(H2,27,28,29). The molecule has 0 fully saturated rings. The highest BCUT2D eigenvalue weighted by molar-refractivity contribution is 6.09. The molecule has 1 aliphatic heterocycles. The Morgan fingerprint density at radius 2 is 1.53 bits per heavy atom. The van der Waals surface area contributed by atoms with Gasteiger partial charge in [-0.05, 0) is 17.7 Å². The average molecular weight is 419 g/mol. The van der Waals surface area contributed by atoms with Gasteiger partial charge >= 0.3 is 5.63 Å². The molecule has 0 spiro atoms. The number of anilines is 2. The van der Waals surface area contributed by atoms with Gasteiger partial charge < -0.3 is 9.73 Å². The Kier molecular flexibility index (Phi) is 4.04. The summed E-state index contributed by atoms with van der Waals surface area (Å²) in [6.45, 7) is 0. The van der Waals surface area contributed by atoms with Crippen LogP contribution in [0.25, 0.3) is 22.2 Å². The van der Waals surface area contributed by atoms with Gasteiger partial charge in [-0.25, -0.2) is 4.79 Å². The molecule has 1 unspecified atom stereocenters. The topological polar surface area (TPSA) is 88.0 Å². The fourth-order valence-electron chi connectivity index (χ4n) is 4.41. The molecule has 154 valence electrons. The summed E-state index contributed by atoms with van der Waals surface area (Å²) in [6, 6.07) is 25.9. The van der Waals surface area contributed by atoms with Crippen LogP contribution in [0.3, 0.4) is 0 Å². The number of hydrogen-bond acceptors (Lipinski definition) is 5. The van der Waals surface area contributed by atoms with E-state index in [0.717, 1.165) is 10.9 Å². The lowest BCUT2D eigenvalue weighted by molar-refractivity contribution is 0.0972. The summed E-state index contributed by atoms with van der Waals surface area (Å²) in [5.41, 5.74) is 3.50. The third-order valence-corrected chi connectivity index (χ3v) is 5.86. The zero-order valence-electron chi connectivity index (χ0n) is 16.8. The molecule has 1 atom stereocenters. The van der Waals surface area contributed by atoms with Crippen molar-refractivity contribution in [2.24, 2.45) is 0 Å².